The van der Waals surface area contributed by atoms with Crippen molar-refractivity contribution in [3.63, 3.8) is 0 Å². The number of nitrogens with zero attached hydrogens (tertiary/aromatic N) is 1. The van der Waals surface area contributed by atoms with Crippen LogP contribution in [-0.2, 0) is 13.1 Å². The average Bonchev–Trinajstić information content (AvgIpc) is 2.55. The molecule has 2 rings (SSSR count). The number of fused-ring (bicyclic) bond motifs is 1. The second-order valence-electron chi connectivity index (χ2n) is 3.35. The van der Waals surface area contributed by atoms with Gasteiger partial charge < -0.3 is 15.4 Å². The second kappa shape index (κ2) is 3.35. The first-order valence-corrected chi connectivity index (χ1v) is 4.77. The molecule has 0 unspecified atom stereocenters. The van der Waals surface area contributed by atoms with Crippen molar-refractivity contribution < 1.29 is 5.11 Å². The van der Waals surface area contributed by atoms with Crippen molar-refractivity contribution in [2.24, 2.45) is 5.73 Å². The van der Waals surface area contributed by atoms with E-state index in [1.165, 1.54) is 0 Å². The maximum Gasteiger partial charge on any atom is 0.117 e. The zero-order chi connectivity index (χ0) is 10.1. The number of aryl methyl sites for hydroxylation is 1. The lowest BCUT2D eigenvalue weighted by molar-refractivity contribution is 0.476. The second-order valence-corrected chi connectivity index (χ2v) is 3.35. The summed E-state index contributed by atoms with van der Waals surface area (Å²) in [5.41, 5.74) is 7.82. The molecule has 0 atom stereocenters. The minimum atomic E-state index is 0.300. The van der Waals surface area contributed by atoms with E-state index < -0.39 is 0 Å². The molecule has 0 bridgehead atoms. The maximum absolute atomic E-state index is 9.39. The van der Waals surface area contributed by atoms with Gasteiger partial charge >= 0.3 is 0 Å². The molecule has 0 saturated carbocycles. The van der Waals surface area contributed by atoms with Gasteiger partial charge in [0.2, 0.25) is 0 Å². The van der Waals surface area contributed by atoms with E-state index in [1.54, 1.807) is 12.1 Å². The Balaban J connectivity index is 2.75. The summed E-state index contributed by atoms with van der Waals surface area (Å²) in [6.07, 6.45) is 2.05. The molecule has 74 valence electrons. The van der Waals surface area contributed by atoms with Crippen molar-refractivity contribution in [3.8, 4) is 5.75 Å². The molecule has 0 radical (unpaired) electrons. The van der Waals surface area contributed by atoms with Gasteiger partial charge in [0.25, 0.3) is 0 Å². The summed E-state index contributed by atoms with van der Waals surface area (Å²) < 4.78 is 2.09. The lowest BCUT2D eigenvalue weighted by Crippen LogP contribution is -1.94. The molecule has 3 nitrogen and oxygen atoms in total. The van der Waals surface area contributed by atoms with Crippen molar-refractivity contribution in [2.75, 3.05) is 0 Å². The molecule has 0 fully saturated rings. The van der Waals surface area contributed by atoms with E-state index in [-0.39, 0.29) is 0 Å². The Bertz CT molecular complexity index is 460. The van der Waals surface area contributed by atoms with Crippen molar-refractivity contribution in [1.29, 1.82) is 0 Å². The monoisotopic (exact) mass is 190 g/mol. The Morgan fingerprint density at radius 3 is 2.86 bits per heavy atom. The lowest BCUT2D eigenvalue weighted by Gasteiger charge is -1.99. The highest BCUT2D eigenvalue weighted by Crippen LogP contribution is 2.24. The predicted molar refractivity (Wildman–Crippen MR) is 57.2 cm³/mol. The van der Waals surface area contributed by atoms with Crippen molar-refractivity contribution in [1.82, 2.24) is 4.57 Å². The fourth-order valence-electron chi connectivity index (χ4n) is 1.78. The van der Waals surface area contributed by atoms with E-state index in [0.29, 0.717) is 12.3 Å². The molecule has 2 aromatic rings. The molecule has 3 heteroatoms. The number of hydrogen-bond acceptors (Lipinski definition) is 2. The summed E-state index contributed by atoms with van der Waals surface area (Å²) in [6.45, 7) is 3.50. The Hall–Kier alpha value is -1.48. The van der Waals surface area contributed by atoms with Crippen LogP contribution in [0.2, 0.25) is 0 Å². The van der Waals surface area contributed by atoms with E-state index >= 15 is 0 Å². The van der Waals surface area contributed by atoms with Crippen LogP contribution in [0.1, 0.15) is 12.5 Å². The highest BCUT2D eigenvalue weighted by molar-refractivity contribution is 5.85. The smallest absolute Gasteiger partial charge is 0.117 e. The van der Waals surface area contributed by atoms with Gasteiger partial charge in [0.05, 0.1) is 5.52 Å². The molecule has 0 saturated heterocycles. The third-order valence-corrected chi connectivity index (χ3v) is 2.51. The molecular weight excluding hydrogens is 176 g/mol. The van der Waals surface area contributed by atoms with Crippen molar-refractivity contribution in [2.45, 2.75) is 20.0 Å². The fourth-order valence-corrected chi connectivity index (χ4v) is 1.78. The van der Waals surface area contributed by atoms with Crippen LogP contribution < -0.4 is 5.73 Å². The Morgan fingerprint density at radius 1 is 1.43 bits per heavy atom. The molecule has 0 amide bonds. The number of phenolic OH excluding ortho intramolecular Hbond substituents is 1. The summed E-state index contributed by atoms with van der Waals surface area (Å²) in [5.74, 6) is 0.300. The number of aromatic nitrogens is 1. The standard InChI is InChI=1S/C11H14N2O/c1-2-13-7-8(6-12)10-4-3-9(14)5-11(10)13/h3-5,7,14H,2,6,12H2,1H3. The number of benzene rings is 1. The third-order valence-electron chi connectivity index (χ3n) is 2.51. The van der Waals surface area contributed by atoms with Gasteiger partial charge in [0.15, 0.2) is 0 Å². The van der Waals surface area contributed by atoms with Crippen LogP contribution in [-0.4, -0.2) is 9.67 Å². The molecule has 0 aliphatic heterocycles. The first-order chi connectivity index (χ1) is 6.76. The summed E-state index contributed by atoms with van der Waals surface area (Å²) in [7, 11) is 0. The van der Waals surface area contributed by atoms with Crippen LogP contribution >= 0.6 is 0 Å². The molecule has 0 aliphatic rings. The van der Waals surface area contributed by atoms with Crippen LogP contribution in [0.15, 0.2) is 24.4 Å². The van der Waals surface area contributed by atoms with Crippen molar-refractivity contribution in [3.05, 3.63) is 30.0 Å². The molecule has 1 heterocycles. The van der Waals surface area contributed by atoms with Gasteiger partial charge in [-0.1, -0.05) is 0 Å². The van der Waals surface area contributed by atoms with E-state index in [0.717, 1.165) is 23.0 Å². The molecule has 1 aromatic heterocycles. The van der Waals surface area contributed by atoms with Crippen LogP contribution in [0.5, 0.6) is 5.75 Å². The quantitative estimate of drug-likeness (QED) is 0.759. The minimum absolute atomic E-state index is 0.300. The van der Waals surface area contributed by atoms with Gasteiger partial charge in [0, 0.05) is 30.7 Å². The van der Waals surface area contributed by atoms with Crippen LogP contribution in [0, 0.1) is 0 Å². The molecular formula is C11H14N2O. The van der Waals surface area contributed by atoms with Crippen molar-refractivity contribution >= 4 is 10.9 Å². The van der Waals surface area contributed by atoms with Gasteiger partial charge in [-0.3, -0.25) is 0 Å². The maximum atomic E-state index is 9.39. The fraction of sp³-hybridized carbons (Fsp3) is 0.273. The van der Waals surface area contributed by atoms with Gasteiger partial charge in [-0.2, -0.15) is 0 Å². The summed E-state index contributed by atoms with van der Waals surface area (Å²) in [6, 6.07) is 5.39. The normalized spacial score (nSPS) is 11.0. The van der Waals surface area contributed by atoms with Gasteiger partial charge in [-0.15, -0.1) is 0 Å². The van der Waals surface area contributed by atoms with E-state index in [9.17, 15) is 5.11 Å². The SMILES string of the molecule is CCn1cc(CN)c2ccc(O)cc21. The highest BCUT2D eigenvalue weighted by Gasteiger charge is 2.06. The molecule has 1 aromatic carbocycles. The van der Waals surface area contributed by atoms with E-state index in [2.05, 4.69) is 11.5 Å². The van der Waals surface area contributed by atoms with Crippen LogP contribution in [0.25, 0.3) is 10.9 Å². The third kappa shape index (κ3) is 1.26. The Kier molecular flexibility index (Phi) is 2.17. The molecule has 14 heavy (non-hydrogen) atoms. The summed E-state index contributed by atoms with van der Waals surface area (Å²) in [5, 5.41) is 10.5. The highest BCUT2D eigenvalue weighted by atomic mass is 16.3. The Morgan fingerprint density at radius 2 is 2.21 bits per heavy atom. The summed E-state index contributed by atoms with van der Waals surface area (Å²) >= 11 is 0. The average molecular weight is 190 g/mol. The molecule has 0 spiro atoms. The van der Waals surface area contributed by atoms with E-state index in [1.807, 2.05) is 12.3 Å². The predicted octanol–water partition coefficient (Wildman–Crippen LogP) is 1.83. The first-order valence-electron chi connectivity index (χ1n) is 4.77. The number of aromatic hydroxyl groups is 1. The largest absolute Gasteiger partial charge is 0.508 e. The van der Waals surface area contributed by atoms with Crippen LogP contribution in [0.4, 0.5) is 0 Å². The van der Waals surface area contributed by atoms with Gasteiger partial charge in [0.1, 0.15) is 5.75 Å². The Labute approximate surface area is 82.8 Å². The summed E-state index contributed by atoms with van der Waals surface area (Å²) in [4.78, 5) is 0. The molecule has 3 N–H and O–H groups in total. The lowest BCUT2D eigenvalue weighted by atomic mass is 10.2. The zero-order valence-corrected chi connectivity index (χ0v) is 8.20. The van der Waals surface area contributed by atoms with Crippen LogP contribution in [0.3, 0.4) is 0 Å². The van der Waals surface area contributed by atoms with E-state index in [4.69, 9.17) is 5.73 Å². The first kappa shape index (κ1) is 9.09. The minimum Gasteiger partial charge on any atom is -0.508 e. The number of rotatable bonds is 2. The molecule has 0 aliphatic carbocycles. The van der Waals surface area contributed by atoms with Gasteiger partial charge in [-0.05, 0) is 24.6 Å². The number of phenols is 1. The number of nitrogens with two attached hydrogens (primary N) is 1. The van der Waals surface area contributed by atoms with Gasteiger partial charge in [-0.25, -0.2) is 0 Å². The number of hydrogen-bond donors (Lipinski definition) is 2. The zero-order valence-electron chi connectivity index (χ0n) is 8.20. The topological polar surface area (TPSA) is 51.2 Å².